The molecule has 0 fully saturated rings. The van der Waals surface area contributed by atoms with Crippen LogP contribution >= 0.6 is 0 Å². The molecule has 0 rings (SSSR count). The zero-order valence-corrected chi connectivity index (χ0v) is 6.14. The van der Waals surface area contributed by atoms with Crippen LogP contribution in [0.3, 0.4) is 0 Å². The SMILES string of the molecule is C=CN(F)C(F)=C(F)F.N#CC#N. The number of hydrogen-bond acceptors (Lipinski definition) is 3. The van der Waals surface area contributed by atoms with Gasteiger partial charge in [0.05, 0.1) is 0 Å². The van der Waals surface area contributed by atoms with Crippen LogP contribution in [-0.2, 0) is 0 Å². The fourth-order valence-corrected chi connectivity index (χ4v) is 0.161. The maximum atomic E-state index is 11.6. The first-order valence-electron chi connectivity index (χ1n) is 2.57. The molecular weight excluding hydrogens is 190 g/mol. The number of nitrogens with zero attached hydrogens (tertiary/aromatic N) is 3. The molecular formula is C6H3F4N3. The summed E-state index contributed by atoms with van der Waals surface area (Å²) in [5.41, 5.74) is 0. The molecule has 0 saturated heterocycles. The topological polar surface area (TPSA) is 50.8 Å². The largest absolute Gasteiger partial charge is 0.325 e. The lowest BCUT2D eigenvalue weighted by atomic mass is 10.8. The molecule has 0 bridgehead atoms. The van der Waals surface area contributed by atoms with E-state index in [1.165, 1.54) is 12.1 Å². The van der Waals surface area contributed by atoms with Gasteiger partial charge < -0.3 is 0 Å². The van der Waals surface area contributed by atoms with Crippen LogP contribution in [-0.4, -0.2) is 5.12 Å². The van der Waals surface area contributed by atoms with E-state index < -0.39 is 17.2 Å². The summed E-state index contributed by atoms with van der Waals surface area (Å²) < 4.78 is 45.2. The van der Waals surface area contributed by atoms with Gasteiger partial charge in [-0.3, -0.25) is 0 Å². The summed E-state index contributed by atoms with van der Waals surface area (Å²) in [4.78, 5) is 0. The fraction of sp³-hybridized carbons (Fsp3) is 0. The van der Waals surface area contributed by atoms with Gasteiger partial charge in [-0.05, 0) is 0 Å². The number of halogens is 4. The first kappa shape index (κ1) is 13.6. The highest BCUT2D eigenvalue weighted by atomic mass is 19.3. The Morgan fingerprint density at radius 2 is 1.62 bits per heavy atom. The van der Waals surface area contributed by atoms with E-state index in [4.69, 9.17) is 10.5 Å². The highest BCUT2D eigenvalue weighted by Gasteiger charge is 2.10. The van der Waals surface area contributed by atoms with E-state index in [1.54, 1.807) is 0 Å². The summed E-state index contributed by atoms with van der Waals surface area (Å²) in [6.45, 7) is 2.71. The Morgan fingerprint density at radius 3 is 1.69 bits per heavy atom. The van der Waals surface area contributed by atoms with Crippen LogP contribution in [0.5, 0.6) is 0 Å². The first-order chi connectivity index (χ1) is 6.01. The minimum Gasteiger partial charge on any atom is -0.181 e. The summed E-state index contributed by atoms with van der Waals surface area (Å²) in [6, 6.07) is 2.47. The zero-order chi connectivity index (χ0) is 10.9. The fourth-order valence-electron chi connectivity index (χ4n) is 0.161. The minimum atomic E-state index is -2.71. The van der Waals surface area contributed by atoms with Crippen LogP contribution in [0, 0.1) is 22.7 Å². The van der Waals surface area contributed by atoms with Crippen LogP contribution < -0.4 is 0 Å². The molecule has 0 N–H and O–H groups in total. The average molecular weight is 193 g/mol. The first-order valence-corrected chi connectivity index (χ1v) is 2.57. The zero-order valence-electron chi connectivity index (χ0n) is 6.14. The molecule has 0 unspecified atom stereocenters. The Hall–Kier alpha value is -2.02. The molecule has 0 aromatic heterocycles. The molecule has 0 amide bonds. The predicted octanol–water partition coefficient (Wildman–Crippen LogP) is 2.39. The number of nitriles is 2. The Balaban J connectivity index is 0. The predicted molar refractivity (Wildman–Crippen MR) is 34.7 cm³/mol. The molecule has 0 aliphatic carbocycles. The van der Waals surface area contributed by atoms with E-state index >= 15 is 0 Å². The highest BCUT2D eigenvalue weighted by molar-refractivity contribution is 4.99. The second-order valence-electron chi connectivity index (χ2n) is 1.27. The van der Waals surface area contributed by atoms with E-state index in [2.05, 4.69) is 6.58 Å². The third kappa shape index (κ3) is 7.88. The summed E-state index contributed by atoms with van der Waals surface area (Å²) in [6.07, 6.45) is -2.42. The summed E-state index contributed by atoms with van der Waals surface area (Å²) in [5, 5.41) is 13.6. The van der Waals surface area contributed by atoms with Gasteiger partial charge in [-0.15, -0.1) is 0 Å². The second-order valence-corrected chi connectivity index (χ2v) is 1.27. The van der Waals surface area contributed by atoms with Gasteiger partial charge in [0.1, 0.15) is 0 Å². The van der Waals surface area contributed by atoms with Gasteiger partial charge in [-0.1, -0.05) is 11.1 Å². The van der Waals surface area contributed by atoms with Gasteiger partial charge in [-0.25, -0.2) is 0 Å². The molecule has 0 aliphatic heterocycles. The van der Waals surface area contributed by atoms with Gasteiger partial charge in [-0.2, -0.15) is 28.8 Å². The van der Waals surface area contributed by atoms with Crippen molar-refractivity contribution in [3.8, 4) is 12.1 Å². The molecule has 7 heteroatoms. The Kier molecular flexibility index (Phi) is 8.43. The minimum absolute atomic E-state index is 0.286. The lowest BCUT2D eigenvalue weighted by Gasteiger charge is -2.00. The van der Waals surface area contributed by atoms with Crippen molar-refractivity contribution in [3.63, 3.8) is 0 Å². The third-order valence-corrected chi connectivity index (χ3v) is 0.554. The second kappa shape index (κ2) is 8.08. The molecule has 0 heterocycles. The van der Waals surface area contributed by atoms with Crippen molar-refractivity contribution in [3.05, 3.63) is 24.8 Å². The van der Waals surface area contributed by atoms with E-state index in [-0.39, 0.29) is 6.20 Å². The van der Waals surface area contributed by atoms with Crippen molar-refractivity contribution in [1.29, 1.82) is 10.5 Å². The van der Waals surface area contributed by atoms with Crippen LogP contribution in [0.2, 0.25) is 0 Å². The van der Waals surface area contributed by atoms with Gasteiger partial charge in [0, 0.05) is 6.20 Å². The standard InChI is InChI=1S/C4H3F4N.C2N2/c1-2-9(8)4(7)3(5)6;3-1-2-4/h2H,1H2;. The lowest BCUT2D eigenvalue weighted by Crippen LogP contribution is -1.99. The van der Waals surface area contributed by atoms with E-state index in [0.29, 0.717) is 0 Å². The molecule has 13 heavy (non-hydrogen) atoms. The molecule has 0 radical (unpaired) electrons. The summed E-state index contributed by atoms with van der Waals surface area (Å²) in [5.74, 6) is -2.23. The summed E-state index contributed by atoms with van der Waals surface area (Å²) >= 11 is 0. The van der Waals surface area contributed by atoms with Gasteiger partial charge in [0.2, 0.25) is 0 Å². The maximum absolute atomic E-state index is 11.6. The van der Waals surface area contributed by atoms with Gasteiger partial charge in [0.25, 0.3) is 5.95 Å². The molecule has 70 valence electrons. The van der Waals surface area contributed by atoms with E-state index in [1.807, 2.05) is 0 Å². The molecule has 0 aromatic carbocycles. The van der Waals surface area contributed by atoms with Crippen molar-refractivity contribution >= 4 is 0 Å². The maximum Gasteiger partial charge on any atom is 0.325 e. The van der Waals surface area contributed by atoms with E-state index in [9.17, 15) is 17.7 Å². The normalized spacial score (nSPS) is 6.62. The molecule has 0 atom stereocenters. The number of hydrogen-bond donors (Lipinski definition) is 0. The highest BCUT2D eigenvalue weighted by Crippen LogP contribution is 2.14. The van der Waals surface area contributed by atoms with Gasteiger partial charge in [0.15, 0.2) is 12.1 Å². The van der Waals surface area contributed by atoms with Crippen LogP contribution in [0.4, 0.5) is 17.7 Å². The molecule has 0 spiro atoms. The monoisotopic (exact) mass is 193 g/mol. The Morgan fingerprint density at radius 1 is 1.23 bits per heavy atom. The molecule has 0 aliphatic rings. The molecule has 3 nitrogen and oxygen atoms in total. The van der Waals surface area contributed by atoms with Crippen LogP contribution in [0.25, 0.3) is 0 Å². The molecule has 0 saturated carbocycles. The lowest BCUT2D eigenvalue weighted by molar-refractivity contribution is 0.0850. The van der Waals surface area contributed by atoms with Crippen molar-refractivity contribution in [2.24, 2.45) is 0 Å². The van der Waals surface area contributed by atoms with Crippen LogP contribution in [0.1, 0.15) is 0 Å². The Labute approximate surface area is 71.3 Å². The van der Waals surface area contributed by atoms with Crippen molar-refractivity contribution < 1.29 is 17.7 Å². The quantitative estimate of drug-likeness (QED) is 0.384. The smallest absolute Gasteiger partial charge is 0.181 e. The van der Waals surface area contributed by atoms with Crippen molar-refractivity contribution in [2.75, 3.05) is 0 Å². The van der Waals surface area contributed by atoms with Gasteiger partial charge >= 0.3 is 6.08 Å². The van der Waals surface area contributed by atoms with Crippen molar-refractivity contribution in [1.82, 2.24) is 5.12 Å². The molecule has 0 aromatic rings. The Bertz CT molecular complexity index is 257. The average Bonchev–Trinajstić information content (AvgIpc) is 2.15. The van der Waals surface area contributed by atoms with E-state index in [0.717, 1.165) is 0 Å². The summed E-state index contributed by atoms with van der Waals surface area (Å²) in [7, 11) is 0. The number of rotatable bonds is 2. The van der Waals surface area contributed by atoms with Crippen LogP contribution in [0.15, 0.2) is 24.8 Å². The van der Waals surface area contributed by atoms with Crippen molar-refractivity contribution in [2.45, 2.75) is 0 Å². The third-order valence-electron chi connectivity index (χ3n) is 0.554.